The molecule has 1 amide bonds. The van der Waals surface area contributed by atoms with Gasteiger partial charge >= 0.3 is 0 Å². The van der Waals surface area contributed by atoms with Gasteiger partial charge in [0.1, 0.15) is 0 Å². The average molecular weight is 205 g/mol. The normalized spacial score (nSPS) is 9.73. The minimum atomic E-state index is -0.130. The second-order valence-corrected chi connectivity index (χ2v) is 3.44. The van der Waals surface area contributed by atoms with E-state index in [0.29, 0.717) is 17.7 Å². The molecular weight excluding hydrogens is 190 g/mol. The minimum absolute atomic E-state index is 0.115. The first-order valence-corrected chi connectivity index (χ1v) is 5.04. The van der Waals surface area contributed by atoms with Crippen LogP contribution < -0.4 is 5.32 Å². The lowest BCUT2D eigenvalue weighted by atomic mass is 10.1. The fourth-order valence-corrected chi connectivity index (χ4v) is 1.35. The molecule has 0 unspecified atom stereocenters. The molecule has 0 aliphatic rings. The molecular formula is C12H15NO2. The Hall–Kier alpha value is -1.64. The summed E-state index contributed by atoms with van der Waals surface area (Å²) in [6, 6.07) is 7.01. The largest absolute Gasteiger partial charge is 0.326 e. The number of benzene rings is 1. The van der Waals surface area contributed by atoms with E-state index in [0.717, 1.165) is 6.42 Å². The molecule has 3 heteroatoms. The van der Waals surface area contributed by atoms with Gasteiger partial charge in [-0.3, -0.25) is 9.59 Å². The Kier molecular flexibility index (Phi) is 4.03. The van der Waals surface area contributed by atoms with E-state index in [9.17, 15) is 9.59 Å². The molecule has 1 aromatic rings. The Morgan fingerprint density at radius 3 is 2.67 bits per heavy atom. The lowest BCUT2D eigenvalue weighted by molar-refractivity contribution is -0.114. The second-order valence-electron chi connectivity index (χ2n) is 3.44. The maximum absolute atomic E-state index is 11.6. The molecule has 1 rings (SSSR count). The molecule has 0 bridgehead atoms. The number of hydrogen-bond acceptors (Lipinski definition) is 2. The van der Waals surface area contributed by atoms with Gasteiger partial charge in [0.25, 0.3) is 0 Å². The molecule has 0 radical (unpaired) electrons. The van der Waals surface area contributed by atoms with E-state index in [2.05, 4.69) is 5.32 Å². The molecule has 1 aromatic carbocycles. The summed E-state index contributed by atoms with van der Waals surface area (Å²) in [4.78, 5) is 22.4. The first-order chi connectivity index (χ1) is 7.13. The number of carbonyl (C=O) groups is 2. The summed E-state index contributed by atoms with van der Waals surface area (Å²) in [5.74, 6) is -0.0141. The number of rotatable bonds is 4. The molecule has 0 aliphatic carbocycles. The fraction of sp³-hybridized carbons (Fsp3) is 0.333. The average Bonchev–Trinajstić information content (AvgIpc) is 2.17. The Morgan fingerprint density at radius 2 is 2.07 bits per heavy atom. The van der Waals surface area contributed by atoms with Crippen molar-refractivity contribution in [3.05, 3.63) is 29.8 Å². The van der Waals surface area contributed by atoms with Crippen molar-refractivity contribution < 1.29 is 9.59 Å². The number of hydrogen-bond donors (Lipinski definition) is 1. The molecule has 0 spiro atoms. The zero-order chi connectivity index (χ0) is 11.3. The van der Waals surface area contributed by atoms with Crippen molar-refractivity contribution in [2.24, 2.45) is 0 Å². The molecule has 0 aliphatic heterocycles. The smallest absolute Gasteiger partial charge is 0.221 e. The number of carbonyl (C=O) groups excluding carboxylic acids is 2. The predicted octanol–water partition coefficient (Wildman–Crippen LogP) is 2.63. The summed E-state index contributed by atoms with van der Waals surface area (Å²) in [6.07, 6.45) is 1.38. The molecule has 0 heterocycles. The second kappa shape index (κ2) is 5.29. The van der Waals surface area contributed by atoms with Crippen LogP contribution in [0.5, 0.6) is 0 Å². The van der Waals surface area contributed by atoms with Crippen molar-refractivity contribution in [2.45, 2.75) is 26.7 Å². The van der Waals surface area contributed by atoms with Crippen molar-refractivity contribution in [1.82, 2.24) is 0 Å². The Bertz CT molecular complexity index is 372. The zero-order valence-electron chi connectivity index (χ0n) is 9.04. The quantitative estimate of drug-likeness (QED) is 0.768. The Balaban J connectivity index is 2.82. The van der Waals surface area contributed by atoms with E-state index in [4.69, 9.17) is 0 Å². The van der Waals surface area contributed by atoms with Crippen LogP contribution in [0.1, 0.15) is 37.0 Å². The van der Waals surface area contributed by atoms with Crippen LogP contribution in [0.4, 0.5) is 5.69 Å². The van der Waals surface area contributed by atoms with Crippen molar-refractivity contribution >= 4 is 17.4 Å². The third-order valence-corrected chi connectivity index (χ3v) is 1.98. The third kappa shape index (κ3) is 3.54. The number of nitrogens with one attached hydrogen (secondary N) is 1. The van der Waals surface area contributed by atoms with Crippen LogP contribution in [-0.4, -0.2) is 11.7 Å². The number of amides is 1. The predicted molar refractivity (Wildman–Crippen MR) is 60.0 cm³/mol. The highest BCUT2D eigenvalue weighted by Gasteiger charge is 2.05. The standard InChI is InChI=1S/C12H15NO2/c1-3-5-12(15)10-6-4-7-11(8-10)13-9(2)14/h4,6-8H,3,5H2,1-2H3,(H,13,14). The lowest BCUT2D eigenvalue weighted by Crippen LogP contribution is -2.07. The monoisotopic (exact) mass is 205 g/mol. The summed E-state index contributed by atoms with van der Waals surface area (Å²) in [5, 5.41) is 2.65. The fourth-order valence-electron chi connectivity index (χ4n) is 1.35. The van der Waals surface area contributed by atoms with E-state index in [1.54, 1.807) is 24.3 Å². The first kappa shape index (κ1) is 11.4. The summed E-state index contributed by atoms with van der Waals surface area (Å²) in [5.41, 5.74) is 1.33. The van der Waals surface area contributed by atoms with Gasteiger partial charge in [0.2, 0.25) is 5.91 Å². The van der Waals surface area contributed by atoms with E-state index in [-0.39, 0.29) is 11.7 Å². The number of Topliss-reactive ketones (excluding diaryl/α,β-unsaturated/α-hetero) is 1. The van der Waals surface area contributed by atoms with Gasteiger partial charge in [0.05, 0.1) is 0 Å². The molecule has 0 saturated carbocycles. The van der Waals surface area contributed by atoms with Gasteiger partial charge in [-0.1, -0.05) is 19.1 Å². The van der Waals surface area contributed by atoms with Gasteiger partial charge in [-0.05, 0) is 18.6 Å². The van der Waals surface area contributed by atoms with Gasteiger partial charge in [0.15, 0.2) is 5.78 Å². The van der Waals surface area contributed by atoms with Gasteiger partial charge in [-0.15, -0.1) is 0 Å². The van der Waals surface area contributed by atoms with Crippen LogP contribution in [0, 0.1) is 0 Å². The topological polar surface area (TPSA) is 46.2 Å². The molecule has 3 nitrogen and oxygen atoms in total. The number of ketones is 1. The Labute approximate surface area is 89.5 Å². The van der Waals surface area contributed by atoms with Crippen LogP contribution >= 0.6 is 0 Å². The first-order valence-electron chi connectivity index (χ1n) is 5.04. The van der Waals surface area contributed by atoms with Crippen molar-refractivity contribution in [2.75, 3.05) is 5.32 Å². The highest BCUT2D eigenvalue weighted by molar-refractivity contribution is 5.98. The minimum Gasteiger partial charge on any atom is -0.326 e. The summed E-state index contributed by atoms with van der Waals surface area (Å²) >= 11 is 0. The van der Waals surface area contributed by atoms with Crippen LogP contribution in [0.3, 0.4) is 0 Å². The molecule has 1 N–H and O–H groups in total. The molecule has 80 valence electrons. The number of anilines is 1. The van der Waals surface area contributed by atoms with Crippen LogP contribution in [0.2, 0.25) is 0 Å². The van der Waals surface area contributed by atoms with Gasteiger partial charge < -0.3 is 5.32 Å². The highest BCUT2D eigenvalue weighted by Crippen LogP contribution is 2.12. The van der Waals surface area contributed by atoms with E-state index >= 15 is 0 Å². The molecule has 0 saturated heterocycles. The molecule has 0 fully saturated rings. The maximum Gasteiger partial charge on any atom is 0.221 e. The summed E-state index contributed by atoms with van der Waals surface area (Å²) in [6.45, 7) is 3.41. The zero-order valence-corrected chi connectivity index (χ0v) is 9.04. The molecule has 0 atom stereocenters. The molecule has 0 aromatic heterocycles. The Morgan fingerprint density at radius 1 is 1.33 bits per heavy atom. The third-order valence-electron chi connectivity index (χ3n) is 1.98. The SMILES string of the molecule is CCCC(=O)c1cccc(NC(C)=O)c1. The van der Waals surface area contributed by atoms with E-state index in [1.165, 1.54) is 6.92 Å². The lowest BCUT2D eigenvalue weighted by Gasteiger charge is -2.04. The summed E-state index contributed by atoms with van der Waals surface area (Å²) < 4.78 is 0. The highest BCUT2D eigenvalue weighted by atomic mass is 16.1. The van der Waals surface area contributed by atoms with Gasteiger partial charge in [-0.25, -0.2) is 0 Å². The maximum atomic E-state index is 11.6. The van der Waals surface area contributed by atoms with E-state index in [1.807, 2.05) is 6.92 Å². The molecule has 15 heavy (non-hydrogen) atoms. The van der Waals surface area contributed by atoms with Crippen molar-refractivity contribution in [3.8, 4) is 0 Å². The van der Waals surface area contributed by atoms with Gasteiger partial charge in [0, 0.05) is 24.6 Å². The van der Waals surface area contributed by atoms with Crippen molar-refractivity contribution in [3.63, 3.8) is 0 Å². The van der Waals surface area contributed by atoms with Crippen LogP contribution in [-0.2, 0) is 4.79 Å². The van der Waals surface area contributed by atoms with Crippen molar-refractivity contribution in [1.29, 1.82) is 0 Å². The summed E-state index contributed by atoms with van der Waals surface area (Å²) in [7, 11) is 0. The van der Waals surface area contributed by atoms with Gasteiger partial charge in [-0.2, -0.15) is 0 Å². The van der Waals surface area contributed by atoms with Crippen LogP contribution in [0.25, 0.3) is 0 Å². The van der Waals surface area contributed by atoms with Crippen LogP contribution in [0.15, 0.2) is 24.3 Å². The van der Waals surface area contributed by atoms with E-state index < -0.39 is 0 Å².